The zero-order chi connectivity index (χ0) is 29.8. The van der Waals surface area contributed by atoms with Crippen LogP contribution in [0.1, 0.15) is 97.9 Å². The third kappa shape index (κ3) is 6.58. The van der Waals surface area contributed by atoms with Crippen molar-refractivity contribution in [3.63, 3.8) is 0 Å². The summed E-state index contributed by atoms with van der Waals surface area (Å²) in [6, 6.07) is 10.9. The van der Waals surface area contributed by atoms with Crippen LogP contribution < -0.4 is 10.6 Å². The summed E-state index contributed by atoms with van der Waals surface area (Å²) in [4.78, 5) is 39.9. The fourth-order valence-electron chi connectivity index (χ4n) is 6.15. The second-order valence-electron chi connectivity index (χ2n) is 10.9. The van der Waals surface area contributed by atoms with Gasteiger partial charge in [-0.05, 0) is 73.4 Å². The second-order valence-corrected chi connectivity index (χ2v) is 10.9. The average molecular weight is 574 g/mol. The third-order valence-corrected chi connectivity index (χ3v) is 8.54. The first-order chi connectivity index (χ1) is 19.5. The van der Waals surface area contributed by atoms with Crippen molar-refractivity contribution in [2.24, 2.45) is 5.92 Å². The monoisotopic (exact) mass is 573 g/mol. The summed E-state index contributed by atoms with van der Waals surface area (Å²) in [5.74, 6) is -0.311. The van der Waals surface area contributed by atoms with Crippen LogP contribution in [0.2, 0.25) is 0 Å². The average Bonchev–Trinajstić information content (AvgIpc) is 3.24. The maximum Gasteiger partial charge on any atom is 0.416 e. The van der Waals surface area contributed by atoms with Gasteiger partial charge in [0.15, 0.2) is 0 Å². The van der Waals surface area contributed by atoms with Gasteiger partial charge in [-0.15, -0.1) is 0 Å². The van der Waals surface area contributed by atoms with Gasteiger partial charge >= 0.3 is 12.1 Å². The molecule has 7 nitrogen and oxygen atoms in total. The topological polar surface area (TPSA) is 87.7 Å². The lowest BCUT2D eigenvalue weighted by Crippen LogP contribution is -2.55. The van der Waals surface area contributed by atoms with Gasteiger partial charge in [-0.1, -0.05) is 44.5 Å². The molecule has 2 aliphatic rings. The Morgan fingerprint density at radius 2 is 1.71 bits per heavy atom. The summed E-state index contributed by atoms with van der Waals surface area (Å²) in [7, 11) is 1.29. The van der Waals surface area contributed by atoms with E-state index in [0.717, 1.165) is 49.8 Å². The molecule has 1 heterocycles. The standard InChI is InChI=1S/C31H38F3N3O4/c1-4-20-14-17-30(18-15-20)36-27(22-10-12-24(13-11-22)31(32,33)34)29(40)37(30)25(5-2)21-6-8-23(9-7-21)28(39)35-19-16-26(38)41-3/h6-13,20,25,27,36H,4-5,14-19H2,1-3H3,(H,35,39)/t20?,25-,27?,30?/m1/s1. The normalized spacial score (nSPS) is 23.5. The first kappa shape index (κ1) is 30.6. The lowest BCUT2D eigenvalue weighted by atomic mass is 9.79. The van der Waals surface area contributed by atoms with Gasteiger partial charge in [-0.3, -0.25) is 19.7 Å². The number of ether oxygens (including phenoxy) is 1. The van der Waals surface area contributed by atoms with Gasteiger partial charge in [0.1, 0.15) is 6.04 Å². The summed E-state index contributed by atoms with van der Waals surface area (Å²) in [6.07, 6.45) is 0.724. The Balaban J connectivity index is 1.59. The number of alkyl halides is 3. The molecule has 0 bridgehead atoms. The minimum absolute atomic E-state index is 0.0728. The van der Waals surface area contributed by atoms with E-state index in [1.54, 1.807) is 12.1 Å². The number of carbonyl (C=O) groups excluding carboxylic acids is 3. The number of carbonyl (C=O) groups is 3. The zero-order valence-electron chi connectivity index (χ0n) is 23.7. The Morgan fingerprint density at radius 1 is 1.07 bits per heavy atom. The number of halogens is 3. The van der Waals surface area contributed by atoms with Crippen LogP contribution in [0.15, 0.2) is 48.5 Å². The highest BCUT2D eigenvalue weighted by molar-refractivity contribution is 5.94. The van der Waals surface area contributed by atoms with Gasteiger partial charge in [0.05, 0.1) is 30.8 Å². The van der Waals surface area contributed by atoms with E-state index < -0.39 is 29.4 Å². The third-order valence-electron chi connectivity index (χ3n) is 8.54. The Morgan fingerprint density at radius 3 is 2.24 bits per heavy atom. The van der Waals surface area contributed by atoms with Crippen molar-refractivity contribution in [3.05, 3.63) is 70.8 Å². The molecule has 41 heavy (non-hydrogen) atoms. The lowest BCUT2D eigenvalue weighted by molar-refractivity contribution is -0.140. The van der Waals surface area contributed by atoms with Crippen LogP contribution in [0, 0.1) is 5.92 Å². The summed E-state index contributed by atoms with van der Waals surface area (Å²) >= 11 is 0. The van der Waals surface area contributed by atoms with Crippen molar-refractivity contribution in [2.45, 2.75) is 82.7 Å². The maximum absolute atomic E-state index is 14.1. The molecule has 4 rings (SSSR count). The highest BCUT2D eigenvalue weighted by atomic mass is 19.4. The van der Waals surface area contributed by atoms with E-state index in [2.05, 4.69) is 22.3 Å². The minimum atomic E-state index is -4.45. The molecule has 0 aromatic heterocycles. The van der Waals surface area contributed by atoms with Crippen molar-refractivity contribution in [2.75, 3.05) is 13.7 Å². The Bertz CT molecular complexity index is 1220. The smallest absolute Gasteiger partial charge is 0.416 e. The molecule has 10 heteroatoms. The number of nitrogens with zero attached hydrogens (tertiary/aromatic N) is 1. The number of benzene rings is 2. The molecule has 1 spiro atoms. The lowest BCUT2D eigenvalue weighted by Gasteiger charge is -2.46. The van der Waals surface area contributed by atoms with Gasteiger partial charge in [0, 0.05) is 12.1 Å². The number of amides is 2. The molecule has 0 radical (unpaired) electrons. The van der Waals surface area contributed by atoms with E-state index in [-0.39, 0.29) is 30.8 Å². The zero-order valence-corrected chi connectivity index (χ0v) is 23.7. The number of nitrogens with one attached hydrogen (secondary N) is 2. The van der Waals surface area contributed by atoms with Crippen molar-refractivity contribution < 1.29 is 32.3 Å². The van der Waals surface area contributed by atoms with Crippen LogP contribution in [0.5, 0.6) is 0 Å². The van der Waals surface area contributed by atoms with Gasteiger partial charge in [-0.25, -0.2) is 0 Å². The number of rotatable bonds is 9. The predicted octanol–water partition coefficient (Wildman–Crippen LogP) is 5.92. The first-order valence-corrected chi connectivity index (χ1v) is 14.3. The van der Waals surface area contributed by atoms with Crippen molar-refractivity contribution in [1.82, 2.24) is 15.5 Å². The van der Waals surface area contributed by atoms with Crippen LogP contribution >= 0.6 is 0 Å². The summed E-state index contributed by atoms with van der Waals surface area (Å²) in [5.41, 5.74) is 0.457. The molecule has 2 atom stereocenters. The van der Waals surface area contributed by atoms with E-state index in [4.69, 9.17) is 0 Å². The fourth-order valence-corrected chi connectivity index (χ4v) is 6.15. The number of hydrogen-bond donors (Lipinski definition) is 2. The van der Waals surface area contributed by atoms with E-state index >= 15 is 0 Å². The SMILES string of the molecule is CCC1CCC2(CC1)NC(c1ccc(C(F)(F)F)cc1)C(=O)N2[C@H](CC)c1ccc(C(=O)NCCC(=O)OC)cc1. The predicted molar refractivity (Wildman–Crippen MR) is 148 cm³/mol. The van der Waals surface area contributed by atoms with E-state index in [9.17, 15) is 27.6 Å². The molecule has 2 N–H and O–H groups in total. The molecular formula is C31H38F3N3O4. The number of esters is 1. The van der Waals surface area contributed by atoms with Gasteiger partial charge in [0.25, 0.3) is 5.91 Å². The second kappa shape index (κ2) is 12.6. The molecule has 1 unspecified atom stereocenters. The molecule has 2 amide bonds. The molecule has 1 saturated heterocycles. The van der Waals surface area contributed by atoms with E-state index in [0.29, 0.717) is 23.5 Å². The Hall–Kier alpha value is -3.40. The molecule has 2 fully saturated rings. The number of hydrogen-bond acceptors (Lipinski definition) is 5. The highest BCUT2D eigenvalue weighted by Gasteiger charge is 2.54. The molecule has 2 aromatic carbocycles. The Kier molecular flexibility index (Phi) is 9.41. The fraction of sp³-hybridized carbons (Fsp3) is 0.516. The van der Waals surface area contributed by atoms with Gasteiger partial charge in [-0.2, -0.15) is 13.2 Å². The van der Waals surface area contributed by atoms with Crippen LogP contribution in [0.3, 0.4) is 0 Å². The molecule has 1 aliphatic heterocycles. The maximum atomic E-state index is 14.1. The summed E-state index contributed by atoms with van der Waals surface area (Å²) < 4.78 is 44.1. The van der Waals surface area contributed by atoms with Crippen LogP contribution in [0.4, 0.5) is 13.2 Å². The largest absolute Gasteiger partial charge is 0.469 e. The van der Waals surface area contributed by atoms with Gasteiger partial charge < -0.3 is 15.0 Å². The minimum Gasteiger partial charge on any atom is -0.469 e. The molecule has 1 aliphatic carbocycles. The van der Waals surface area contributed by atoms with Crippen LogP contribution in [-0.4, -0.2) is 42.0 Å². The summed E-state index contributed by atoms with van der Waals surface area (Å²) in [6.45, 7) is 4.33. The van der Waals surface area contributed by atoms with Gasteiger partial charge in [0.2, 0.25) is 5.91 Å². The van der Waals surface area contributed by atoms with E-state index in [1.165, 1.54) is 19.2 Å². The molecule has 1 saturated carbocycles. The van der Waals surface area contributed by atoms with Crippen LogP contribution in [0.25, 0.3) is 0 Å². The van der Waals surface area contributed by atoms with E-state index in [1.807, 2.05) is 24.0 Å². The first-order valence-electron chi connectivity index (χ1n) is 14.3. The highest BCUT2D eigenvalue weighted by Crippen LogP contribution is 2.47. The number of methoxy groups -OCH3 is 1. The van der Waals surface area contributed by atoms with Crippen LogP contribution in [-0.2, 0) is 20.5 Å². The van der Waals surface area contributed by atoms with Crippen molar-refractivity contribution >= 4 is 17.8 Å². The van der Waals surface area contributed by atoms with Crippen molar-refractivity contribution in [3.8, 4) is 0 Å². The quantitative estimate of drug-likeness (QED) is 0.364. The summed E-state index contributed by atoms with van der Waals surface area (Å²) in [5, 5.41) is 6.27. The Labute approximate surface area is 238 Å². The van der Waals surface area contributed by atoms with Crippen molar-refractivity contribution in [1.29, 1.82) is 0 Å². The molecule has 2 aromatic rings. The molecular weight excluding hydrogens is 535 g/mol. The molecule has 222 valence electrons.